The largest absolute Gasteiger partial charge is 0.485 e. The van der Waals surface area contributed by atoms with Gasteiger partial charge in [-0.1, -0.05) is 25.1 Å². The van der Waals surface area contributed by atoms with Gasteiger partial charge in [0.1, 0.15) is 18.1 Å². The number of benzene rings is 1. The highest BCUT2D eigenvalue weighted by molar-refractivity contribution is 5.95. The molecule has 0 aliphatic heterocycles. The van der Waals surface area contributed by atoms with Gasteiger partial charge in [-0.25, -0.2) is 4.79 Å². The Bertz CT molecular complexity index is 820. The lowest BCUT2D eigenvalue weighted by atomic mass is 10.1. The number of carbonyl (C=O) groups is 2. The number of alkyl halides is 3. The first kappa shape index (κ1) is 22.4. The van der Waals surface area contributed by atoms with Crippen molar-refractivity contribution in [1.29, 1.82) is 0 Å². The highest BCUT2D eigenvalue weighted by atomic mass is 19.4. The van der Waals surface area contributed by atoms with Crippen molar-refractivity contribution in [2.45, 2.75) is 32.0 Å². The van der Waals surface area contributed by atoms with Gasteiger partial charge in [0.15, 0.2) is 12.7 Å². The Morgan fingerprint density at radius 3 is 2.28 bits per heavy atom. The second-order valence-corrected chi connectivity index (χ2v) is 6.22. The van der Waals surface area contributed by atoms with Crippen LogP contribution in [0.1, 0.15) is 28.5 Å². The molecule has 9 heteroatoms. The third kappa shape index (κ3) is 7.53. The van der Waals surface area contributed by atoms with Crippen LogP contribution in [-0.2, 0) is 22.4 Å². The molecule has 0 radical (unpaired) electrons. The van der Waals surface area contributed by atoms with Gasteiger partial charge in [0.2, 0.25) is 5.78 Å². The molecule has 0 amide bonds. The number of carbonyl (C=O) groups excluding carboxylic acids is 1. The number of aliphatic carboxylic acids is 1. The number of halogens is 3. The number of hydrogen-bond acceptors (Lipinski definition) is 5. The summed E-state index contributed by atoms with van der Waals surface area (Å²) in [5, 5.41) is 9.01. The van der Waals surface area contributed by atoms with Crippen LogP contribution in [0.4, 0.5) is 13.2 Å². The van der Waals surface area contributed by atoms with Crippen molar-refractivity contribution < 1.29 is 37.3 Å². The zero-order valence-electron chi connectivity index (χ0n) is 15.6. The number of ketones is 1. The Kier molecular flexibility index (Phi) is 7.72. The topological polar surface area (TPSA) is 85.7 Å². The van der Waals surface area contributed by atoms with Crippen molar-refractivity contribution in [3.05, 3.63) is 59.4 Å². The molecule has 0 fully saturated rings. The van der Waals surface area contributed by atoms with Crippen molar-refractivity contribution in [3.8, 4) is 5.75 Å². The fraction of sp³-hybridized carbons (Fsp3) is 0.350. The number of ether oxygens (including phenoxy) is 2. The van der Waals surface area contributed by atoms with E-state index in [9.17, 15) is 22.8 Å². The number of pyridine rings is 1. The molecule has 2 aromatic rings. The summed E-state index contributed by atoms with van der Waals surface area (Å²) >= 11 is 0. The van der Waals surface area contributed by atoms with Crippen LogP contribution < -0.4 is 4.74 Å². The van der Waals surface area contributed by atoms with Crippen LogP contribution in [-0.4, -0.2) is 47.3 Å². The molecule has 0 aliphatic rings. The van der Waals surface area contributed by atoms with Crippen LogP contribution >= 0.6 is 0 Å². The average molecular weight is 411 g/mol. The van der Waals surface area contributed by atoms with Crippen LogP contribution in [0.3, 0.4) is 0 Å². The molecule has 1 aromatic carbocycles. The number of aromatic nitrogens is 1. The lowest BCUT2D eigenvalue weighted by Gasteiger charge is -2.15. The highest BCUT2D eigenvalue weighted by Crippen LogP contribution is 2.18. The van der Waals surface area contributed by atoms with Crippen molar-refractivity contribution in [3.63, 3.8) is 0 Å². The predicted molar refractivity (Wildman–Crippen MR) is 97.0 cm³/mol. The summed E-state index contributed by atoms with van der Waals surface area (Å²) in [4.78, 5) is 27.3. The standard InChI is InChI=1S/C20H20F3NO5/c1-2-13-5-8-16(24-10-13)17(25)11-28-15-6-3-14(4-7-15)9-18(19(26)27)29-12-20(21,22)23/h3-8,10,18H,2,9,11-12H2,1H3,(H,26,27). The minimum atomic E-state index is -4.61. The molecule has 0 spiro atoms. The van der Waals surface area contributed by atoms with E-state index in [0.29, 0.717) is 11.3 Å². The summed E-state index contributed by atoms with van der Waals surface area (Å²) < 4.78 is 46.5. The maximum Gasteiger partial charge on any atom is 0.411 e. The maximum absolute atomic E-state index is 12.2. The van der Waals surface area contributed by atoms with E-state index < -0.39 is 24.9 Å². The third-order valence-electron chi connectivity index (χ3n) is 3.96. The second-order valence-electron chi connectivity index (χ2n) is 6.22. The first-order valence-electron chi connectivity index (χ1n) is 8.79. The SMILES string of the molecule is CCc1ccc(C(=O)COc2ccc(CC(OCC(F)(F)F)C(=O)O)cc2)nc1. The molecule has 1 unspecified atom stereocenters. The molecule has 2 rings (SSSR count). The Labute approximate surface area is 165 Å². The number of nitrogens with zero attached hydrogens (tertiary/aromatic N) is 1. The third-order valence-corrected chi connectivity index (χ3v) is 3.96. The van der Waals surface area contributed by atoms with E-state index in [1.54, 1.807) is 12.3 Å². The van der Waals surface area contributed by atoms with Gasteiger partial charge in [-0.2, -0.15) is 13.2 Å². The molecule has 156 valence electrons. The summed E-state index contributed by atoms with van der Waals surface area (Å²) in [5.74, 6) is -1.43. The van der Waals surface area contributed by atoms with Crippen LogP contribution in [0.5, 0.6) is 5.75 Å². The number of rotatable bonds is 10. The van der Waals surface area contributed by atoms with Crippen LogP contribution in [0, 0.1) is 0 Å². The Morgan fingerprint density at radius 1 is 1.10 bits per heavy atom. The summed E-state index contributed by atoms with van der Waals surface area (Å²) in [6.45, 7) is 0.108. The van der Waals surface area contributed by atoms with Crippen LogP contribution in [0.15, 0.2) is 42.6 Å². The van der Waals surface area contributed by atoms with Gasteiger partial charge in [-0.3, -0.25) is 9.78 Å². The van der Waals surface area contributed by atoms with Crippen LogP contribution in [0.2, 0.25) is 0 Å². The quantitative estimate of drug-likeness (QED) is 0.603. The van der Waals surface area contributed by atoms with Crippen molar-refractivity contribution in [1.82, 2.24) is 4.98 Å². The average Bonchev–Trinajstić information content (AvgIpc) is 2.69. The summed E-state index contributed by atoms with van der Waals surface area (Å²) in [5.41, 5.74) is 1.75. The zero-order chi connectivity index (χ0) is 21.4. The number of Topliss-reactive ketones (excluding diaryl/α,β-unsaturated/α-hetero) is 1. The van der Waals surface area contributed by atoms with Gasteiger partial charge in [-0.05, 0) is 35.7 Å². The molecule has 6 nitrogen and oxygen atoms in total. The molecule has 0 saturated heterocycles. The Hall–Kier alpha value is -2.94. The van der Waals surface area contributed by atoms with Gasteiger partial charge >= 0.3 is 12.1 Å². The molecule has 29 heavy (non-hydrogen) atoms. The molecule has 0 aliphatic carbocycles. The monoisotopic (exact) mass is 411 g/mol. The minimum Gasteiger partial charge on any atom is -0.485 e. The molecule has 1 heterocycles. The first-order chi connectivity index (χ1) is 13.7. The Morgan fingerprint density at radius 2 is 1.76 bits per heavy atom. The van der Waals surface area contributed by atoms with Gasteiger partial charge < -0.3 is 14.6 Å². The van der Waals surface area contributed by atoms with Crippen molar-refractivity contribution in [2.75, 3.05) is 13.2 Å². The number of aryl methyl sites for hydroxylation is 1. The molecule has 0 bridgehead atoms. The van der Waals surface area contributed by atoms with Crippen molar-refractivity contribution >= 4 is 11.8 Å². The fourth-order valence-corrected chi connectivity index (χ4v) is 2.37. The summed E-state index contributed by atoms with van der Waals surface area (Å²) in [6.07, 6.45) is -4.03. The smallest absolute Gasteiger partial charge is 0.411 e. The molecular formula is C20H20F3NO5. The van der Waals surface area contributed by atoms with E-state index in [0.717, 1.165) is 12.0 Å². The van der Waals surface area contributed by atoms with E-state index in [1.807, 2.05) is 13.0 Å². The second kappa shape index (κ2) is 10.0. The summed E-state index contributed by atoms with van der Waals surface area (Å²) in [7, 11) is 0. The van der Waals surface area contributed by atoms with Crippen molar-refractivity contribution in [2.24, 2.45) is 0 Å². The number of hydrogen-bond donors (Lipinski definition) is 1. The maximum atomic E-state index is 12.2. The molecule has 0 saturated carbocycles. The van der Waals surface area contributed by atoms with E-state index in [4.69, 9.17) is 9.84 Å². The highest BCUT2D eigenvalue weighted by Gasteiger charge is 2.31. The van der Waals surface area contributed by atoms with Gasteiger partial charge in [0.05, 0.1) is 0 Å². The van der Waals surface area contributed by atoms with E-state index >= 15 is 0 Å². The van der Waals surface area contributed by atoms with Gasteiger partial charge in [-0.15, -0.1) is 0 Å². The lowest BCUT2D eigenvalue weighted by molar-refractivity contribution is -0.192. The first-order valence-corrected chi connectivity index (χ1v) is 8.79. The fourth-order valence-electron chi connectivity index (χ4n) is 2.37. The predicted octanol–water partition coefficient (Wildman–Crippen LogP) is 3.48. The summed E-state index contributed by atoms with van der Waals surface area (Å²) in [6, 6.07) is 9.44. The normalized spacial score (nSPS) is 12.4. The number of carboxylic acids is 1. The van der Waals surface area contributed by atoms with Gasteiger partial charge in [0, 0.05) is 12.6 Å². The minimum absolute atomic E-state index is 0.232. The Balaban J connectivity index is 1.89. The lowest BCUT2D eigenvalue weighted by Crippen LogP contribution is -2.31. The van der Waals surface area contributed by atoms with Crippen LogP contribution in [0.25, 0.3) is 0 Å². The zero-order valence-corrected chi connectivity index (χ0v) is 15.6. The molecular weight excluding hydrogens is 391 g/mol. The molecule has 1 atom stereocenters. The van der Waals surface area contributed by atoms with Gasteiger partial charge in [0.25, 0.3) is 0 Å². The molecule has 1 N–H and O–H groups in total. The van der Waals surface area contributed by atoms with E-state index in [2.05, 4.69) is 9.72 Å². The number of carboxylic acid groups (broad SMARTS) is 1. The van der Waals surface area contributed by atoms with E-state index in [-0.39, 0.29) is 24.5 Å². The van der Waals surface area contributed by atoms with E-state index in [1.165, 1.54) is 24.3 Å². The molecule has 1 aromatic heterocycles.